The number of rotatable bonds is 6. The highest BCUT2D eigenvalue weighted by atomic mass is 16.7. The Morgan fingerprint density at radius 1 is 0.812 bits per heavy atom. The highest BCUT2D eigenvalue weighted by Crippen LogP contribution is 2.41. The minimum absolute atomic E-state index is 0.491. The predicted molar refractivity (Wildman–Crippen MR) is 123 cm³/mol. The molecule has 5 rings (SSSR count). The lowest BCUT2D eigenvalue weighted by molar-refractivity contribution is -0.0438. The molecule has 0 saturated carbocycles. The number of benzene rings is 3. The van der Waals surface area contributed by atoms with Gasteiger partial charge in [0.05, 0.1) is 38.8 Å². The molecule has 1 aromatic heterocycles. The number of aromatic nitrogens is 2. The molecule has 32 heavy (non-hydrogen) atoms. The predicted octanol–water partition coefficient (Wildman–Crippen LogP) is 5.47. The van der Waals surface area contributed by atoms with E-state index < -0.39 is 6.29 Å². The third-order valence-corrected chi connectivity index (χ3v) is 5.50. The van der Waals surface area contributed by atoms with Crippen molar-refractivity contribution in [3.8, 4) is 45.4 Å². The summed E-state index contributed by atoms with van der Waals surface area (Å²) in [6.07, 6.45) is -0.491. The second-order valence-electron chi connectivity index (χ2n) is 7.41. The Bertz CT molecular complexity index is 1140. The Balaban J connectivity index is 1.72. The fourth-order valence-corrected chi connectivity index (χ4v) is 3.95. The molecule has 6 nitrogen and oxygen atoms in total. The van der Waals surface area contributed by atoms with E-state index in [1.807, 2.05) is 48.5 Å². The van der Waals surface area contributed by atoms with Crippen molar-refractivity contribution in [3.63, 3.8) is 0 Å². The summed E-state index contributed by atoms with van der Waals surface area (Å²) in [7, 11) is 3.24. The van der Waals surface area contributed by atoms with E-state index in [4.69, 9.17) is 23.9 Å². The van der Waals surface area contributed by atoms with Crippen LogP contribution in [0.3, 0.4) is 0 Å². The number of aromatic amines is 1. The van der Waals surface area contributed by atoms with Gasteiger partial charge < -0.3 is 23.9 Å². The number of methoxy groups -OCH3 is 2. The molecule has 1 N–H and O–H groups in total. The van der Waals surface area contributed by atoms with Crippen molar-refractivity contribution >= 4 is 0 Å². The second kappa shape index (κ2) is 8.86. The van der Waals surface area contributed by atoms with Gasteiger partial charge >= 0.3 is 0 Å². The fraction of sp³-hybridized carbons (Fsp3) is 0.192. The highest BCUT2D eigenvalue weighted by Gasteiger charge is 2.27. The number of H-pyrrole nitrogens is 1. The smallest absolute Gasteiger partial charge is 0.184 e. The molecule has 0 amide bonds. The minimum Gasteiger partial charge on any atom is -0.493 e. The number of nitrogens with zero attached hydrogens (tertiary/aromatic N) is 1. The summed E-state index contributed by atoms with van der Waals surface area (Å²) in [6, 6.07) is 24.2. The summed E-state index contributed by atoms with van der Waals surface area (Å²) in [5, 5.41) is 0. The number of nitrogens with one attached hydrogen (secondary N) is 1. The first-order chi connectivity index (χ1) is 15.8. The lowest BCUT2D eigenvalue weighted by atomic mass is 10.0. The first-order valence-electron chi connectivity index (χ1n) is 10.5. The number of hydrogen-bond acceptors (Lipinski definition) is 5. The molecule has 1 aliphatic rings. The summed E-state index contributed by atoms with van der Waals surface area (Å²) in [5.74, 6) is 1.93. The van der Waals surface area contributed by atoms with Crippen molar-refractivity contribution in [3.05, 3.63) is 78.4 Å². The van der Waals surface area contributed by atoms with Crippen molar-refractivity contribution < 1.29 is 18.9 Å². The van der Waals surface area contributed by atoms with E-state index in [0.717, 1.165) is 33.6 Å². The van der Waals surface area contributed by atoms with Crippen molar-refractivity contribution in [2.24, 2.45) is 0 Å². The molecule has 162 valence electrons. The normalized spacial score (nSPS) is 13.9. The van der Waals surface area contributed by atoms with Gasteiger partial charge in [0.2, 0.25) is 0 Å². The zero-order valence-corrected chi connectivity index (χ0v) is 18.0. The molecule has 1 aliphatic heterocycles. The maximum absolute atomic E-state index is 5.82. The lowest BCUT2D eigenvalue weighted by Crippen LogP contribution is -2.03. The summed E-state index contributed by atoms with van der Waals surface area (Å²) < 4.78 is 22.7. The average Bonchev–Trinajstić information content (AvgIpc) is 3.55. The third-order valence-electron chi connectivity index (χ3n) is 5.50. The van der Waals surface area contributed by atoms with Gasteiger partial charge in [-0.15, -0.1) is 0 Å². The molecular formula is C26H24N2O4. The number of hydrogen-bond donors (Lipinski definition) is 1. The van der Waals surface area contributed by atoms with Crippen LogP contribution in [0, 0.1) is 0 Å². The quantitative estimate of drug-likeness (QED) is 0.441. The van der Waals surface area contributed by atoms with Gasteiger partial charge in [-0.3, -0.25) is 0 Å². The van der Waals surface area contributed by atoms with E-state index in [9.17, 15) is 0 Å². The van der Waals surface area contributed by atoms with Gasteiger partial charge in [-0.2, -0.15) is 0 Å². The molecule has 0 atom stereocenters. The zero-order valence-electron chi connectivity index (χ0n) is 18.0. The van der Waals surface area contributed by atoms with E-state index in [2.05, 4.69) is 29.2 Å². The van der Waals surface area contributed by atoms with Crippen LogP contribution in [0.2, 0.25) is 0 Å². The van der Waals surface area contributed by atoms with E-state index in [1.54, 1.807) is 14.2 Å². The van der Waals surface area contributed by atoms with Crippen LogP contribution in [0.25, 0.3) is 33.9 Å². The molecule has 0 spiro atoms. The van der Waals surface area contributed by atoms with E-state index >= 15 is 0 Å². The molecule has 0 unspecified atom stereocenters. The van der Waals surface area contributed by atoms with Crippen molar-refractivity contribution in [1.29, 1.82) is 0 Å². The first kappa shape index (κ1) is 20.3. The molecule has 6 heteroatoms. The highest BCUT2D eigenvalue weighted by molar-refractivity contribution is 5.82. The SMILES string of the molecule is COc1cc(-c2nc(-c3ccccc3)c(-c3ccccc3)[nH]2)c(C2OCCO2)cc1OC. The van der Waals surface area contributed by atoms with Gasteiger partial charge in [-0.05, 0) is 12.1 Å². The van der Waals surface area contributed by atoms with Crippen molar-refractivity contribution in [2.45, 2.75) is 6.29 Å². The standard InChI is InChI=1S/C26H24N2O4/c1-29-21-15-19(20(16-22(21)30-2)26-31-13-14-32-26)25-27-23(17-9-5-3-6-10-17)24(28-25)18-11-7-4-8-12-18/h3-12,15-16,26H,13-14H2,1-2H3,(H,27,28). The summed E-state index contributed by atoms with van der Waals surface area (Å²) in [6.45, 7) is 1.09. The Morgan fingerprint density at radius 2 is 1.41 bits per heavy atom. The minimum atomic E-state index is -0.491. The van der Waals surface area contributed by atoms with E-state index in [0.29, 0.717) is 30.5 Å². The Kier molecular flexibility index (Phi) is 5.62. The Hall–Kier alpha value is -3.61. The molecule has 1 saturated heterocycles. The lowest BCUT2D eigenvalue weighted by Gasteiger charge is -2.17. The maximum atomic E-state index is 5.82. The Morgan fingerprint density at radius 3 is 2.03 bits per heavy atom. The van der Waals surface area contributed by atoms with Gasteiger partial charge in [0.25, 0.3) is 0 Å². The van der Waals surface area contributed by atoms with Crippen LogP contribution in [0.5, 0.6) is 11.5 Å². The van der Waals surface area contributed by atoms with Crippen molar-refractivity contribution in [2.75, 3.05) is 27.4 Å². The van der Waals surface area contributed by atoms with Crippen LogP contribution >= 0.6 is 0 Å². The molecular weight excluding hydrogens is 404 g/mol. The molecule has 4 aromatic rings. The van der Waals surface area contributed by atoms with Gasteiger partial charge in [-0.25, -0.2) is 4.98 Å². The molecule has 1 fully saturated rings. The molecule has 0 bridgehead atoms. The summed E-state index contributed by atoms with van der Waals surface area (Å²) in [4.78, 5) is 8.57. The van der Waals surface area contributed by atoms with Crippen LogP contribution in [-0.4, -0.2) is 37.4 Å². The molecule has 3 aromatic carbocycles. The fourth-order valence-electron chi connectivity index (χ4n) is 3.95. The number of imidazole rings is 1. The van der Waals surface area contributed by atoms with Crippen LogP contribution < -0.4 is 9.47 Å². The average molecular weight is 428 g/mol. The summed E-state index contributed by atoms with van der Waals surface area (Å²) >= 11 is 0. The topological polar surface area (TPSA) is 65.6 Å². The third kappa shape index (κ3) is 3.75. The van der Waals surface area contributed by atoms with Gasteiger partial charge in [0.15, 0.2) is 17.8 Å². The van der Waals surface area contributed by atoms with E-state index in [1.165, 1.54) is 0 Å². The first-order valence-corrected chi connectivity index (χ1v) is 10.5. The van der Waals surface area contributed by atoms with Crippen LogP contribution in [0.4, 0.5) is 0 Å². The van der Waals surface area contributed by atoms with Crippen LogP contribution in [0.15, 0.2) is 72.8 Å². The monoisotopic (exact) mass is 428 g/mol. The van der Waals surface area contributed by atoms with Crippen molar-refractivity contribution in [1.82, 2.24) is 9.97 Å². The van der Waals surface area contributed by atoms with E-state index in [-0.39, 0.29) is 0 Å². The maximum Gasteiger partial charge on any atom is 0.184 e. The molecule has 2 heterocycles. The second-order valence-corrected chi connectivity index (χ2v) is 7.41. The van der Waals surface area contributed by atoms with Crippen LogP contribution in [-0.2, 0) is 9.47 Å². The van der Waals surface area contributed by atoms with Crippen LogP contribution in [0.1, 0.15) is 11.9 Å². The molecule has 0 radical (unpaired) electrons. The Labute approximate surface area is 186 Å². The summed E-state index contributed by atoms with van der Waals surface area (Å²) in [5.41, 5.74) is 5.59. The van der Waals surface area contributed by atoms with Gasteiger partial charge in [0, 0.05) is 22.3 Å². The zero-order chi connectivity index (χ0) is 21.9. The number of ether oxygens (including phenoxy) is 4. The molecule has 0 aliphatic carbocycles. The largest absolute Gasteiger partial charge is 0.493 e. The van der Waals surface area contributed by atoms with Gasteiger partial charge in [0.1, 0.15) is 5.82 Å². The van der Waals surface area contributed by atoms with Gasteiger partial charge in [-0.1, -0.05) is 60.7 Å².